The van der Waals surface area contributed by atoms with Crippen molar-refractivity contribution in [1.29, 1.82) is 0 Å². The molecule has 21 heavy (non-hydrogen) atoms. The number of hydrogen-bond acceptors (Lipinski definition) is 3. The van der Waals surface area contributed by atoms with Gasteiger partial charge >= 0.3 is 0 Å². The van der Waals surface area contributed by atoms with Crippen LogP contribution in [0.4, 0.5) is 11.5 Å². The van der Waals surface area contributed by atoms with Crippen molar-refractivity contribution in [2.45, 2.75) is 5.88 Å². The molecule has 1 fully saturated rings. The number of nitrogens with zero attached hydrogens (tertiary/aromatic N) is 3. The summed E-state index contributed by atoms with van der Waals surface area (Å²) in [5.74, 6) is 1.60. The lowest BCUT2D eigenvalue weighted by molar-refractivity contribution is 0.646. The molecule has 0 bridgehead atoms. The van der Waals surface area contributed by atoms with Crippen LogP contribution in [0.5, 0.6) is 0 Å². The molecule has 1 aliphatic rings. The summed E-state index contributed by atoms with van der Waals surface area (Å²) >= 11 is 9.62. The van der Waals surface area contributed by atoms with E-state index in [-0.39, 0.29) is 0 Å². The Hall–Kier alpha value is -1.26. The molecule has 0 saturated carbocycles. The van der Waals surface area contributed by atoms with Gasteiger partial charge in [0.25, 0.3) is 0 Å². The van der Waals surface area contributed by atoms with Gasteiger partial charge in [-0.15, -0.1) is 11.6 Å². The van der Waals surface area contributed by atoms with E-state index in [1.54, 1.807) is 0 Å². The van der Waals surface area contributed by atoms with Crippen molar-refractivity contribution < 1.29 is 0 Å². The maximum atomic E-state index is 6.07. The fraction of sp³-hybridized carbons (Fsp3) is 0.312. The minimum atomic E-state index is 0.545. The number of halogens is 2. The van der Waals surface area contributed by atoms with Gasteiger partial charge in [-0.3, -0.25) is 0 Å². The summed E-state index contributed by atoms with van der Waals surface area (Å²) in [6.45, 7) is 3.92. The second-order valence-corrected chi connectivity index (χ2v) is 6.25. The Morgan fingerprint density at radius 1 is 1.05 bits per heavy atom. The minimum Gasteiger partial charge on any atom is -0.368 e. The summed E-state index contributed by atoms with van der Waals surface area (Å²) in [7, 11) is 0. The number of hydrogen-bond donors (Lipinski definition) is 0. The molecule has 0 amide bonds. The highest BCUT2D eigenvalue weighted by atomic mass is 79.9. The molecule has 0 N–H and O–H groups in total. The first-order valence-electron chi connectivity index (χ1n) is 7.03. The van der Waals surface area contributed by atoms with E-state index >= 15 is 0 Å². The molecule has 1 saturated heterocycles. The molecule has 2 heterocycles. The van der Waals surface area contributed by atoms with Crippen LogP contribution in [0.15, 0.2) is 47.1 Å². The van der Waals surface area contributed by atoms with E-state index in [1.165, 1.54) is 11.3 Å². The van der Waals surface area contributed by atoms with Gasteiger partial charge in [0.2, 0.25) is 0 Å². The quantitative estimate of drug-likeness (QED) is 0.768. The lowest BCUT2D eigenvalue weighted by Crippen LogP contribution is -2.47. The highest BCUT2D eigenvalue weighted by Gasteiger charge is 2.20. The first-order valence-corrected chi connectivity index (χ1v) is 8.36. The molecule has 1 aliphatic heterocycles. The summed E-state index contributed by atoms with van der Waals surface area (Å²) in [4.78, 5) is 9.16. The molecule has 5 heteroatoms. The van der Waals surface area contributed by atoms with Crippen molar-refractivity contribution in [1.82, 2.24) is 4.98 Å². The maximum Gasteiger partial charge on any atom is 0.128 e. The third kappa shape index (κ3) is 3.33. The molecule has 2 aromatic rings. The lowest BCUT2D eigenvalue weighted by Gasteiger charge is -2.37. The molecule has 110 valence electrons. The van der Waals surface area contributed by atoms with Crippen molar-refractivity contribution >= 4 is 39.0 Å². The predicted molar refractivity (Wildman–Crippen MR) is 92.4 cm³/mol. The van der Waals surface area contributed by atoms with Gasteiger partial charge in [0, 0.05) is 48.4 Å². The molecule has 3 nitrogen and oxygen atoms in total. The summed E-state index contributed by atoms with van der Waals surface area (Å²) in [6.07, 6.45) is 1.85. The van der Waals surface area contributed by atoms with Crippen LogP contribution in [-0.2, 0) is 5.88 Å². The van der Waals surface area contributed by atoms with Gasteiger partial charge in [-0.25, -0.2) is 4.98 Å². The Bertz CT molecular complexity index is 598. The topological polar surface area (TPSA) is 19.4 Å². The zero-order valence-electron chi connectivity index (χ0n) is 11.7. The smallest absolute Gasteiger partial charge is 0.128 e. The van der Waals surface area contributed by atoms with Gasteiger partial charge in [0.05, 0.1) is 0 Å². The van der Waals surface area contributed by atoms with Gasteiger partial charge in [0.1, 0.15) is 5.82 Å². The number of rotatable bonds is 3. The van der Waals surface area contributed by atoms with Gasteiger partial charge in [0.15, 0.2) is 0 Å². The van der Waals surface area contributed by atoms with E-state index < -0.39 is 0 Å². The van der Waals surface area contributed by atoms with Crippen LogP contribution in [0.25, 0.3) is 0 Å². The van der Waals surface area contributed by atoms with E-state index in [0.29, 0.717) is 5.88 Å². The molecule has 0 unspecified atom stereocenters. The van der Waals surface area contributed by atoms with E-state index in [9.17, 15) is 0 Å². The second-order valence-electron chi connectivity index (χ2n) is 5.07. The van der Waals surface area contributed by atoms with Crippen LogP contribution in [-0.4, -0.2) is 31.2 Å². The predicted octanol–water partition coefficient (Wildman–Crippen LogP) is 3.91. The van der Waals surface area contributed by atoms with Crippen LogP contribution < -0.4 is 9.80 Å². The molecular weight excluding hydrogens is 350 g/mol. The minimum absolute atomic E-state index is 0.545. The highest BCUT2D eigenvalue weighted by Crippen LogP contribution is 2.28. The Morgan fingerprint density at radius 3 is 2.48 bits per heavy atom. The number of anilines is 2. The van der Waals surface area contributed by atoms with Gasteiger partial charge in [-0.1, -0.05) is 28.1 Å². The zero-order valence-corrected chi connectivity index (χ0v) is 14.0. The van der Waals surface area contributed by atoms with Gasteiger partial charge in [-0.2, -0.15) is 0 Å². The van der Waals surface area contributed by atoms with E-state index in [2.05, 4.69) is 48.9 Å². The Morgan fingerprint density at radius 2 is 1.81 bits per heavy atom. The monoisotopic (exact) mass is 365 g/mol. The summed E-state index contributed by atoms with van der Waals surface area (Å²) < 4.78 is 1.10. The maximum absolute atomic E-state index is 6.07. The van der Waals surface area contributed by atoms with Crippen LogP contribution >= 0.6 is 27.5 Å². The number of benzene rings is 1. The number of alkyl halides is 1. The number of pyridine rings is 1. The molecule has 1 aromatic heterocycles. The number of piperazine rings is 1. The Balaban J connectivity index is 1.73. The lowest BCUT2D eigenvalue weighted by atomic mass is 10.1. The average Bonchev–Trinajstić information content (AvgIpc) is 2.56. The van der Waals surface area contributed by atoms with Crippen LogP contribution in [0.1, 0.15) is 5.56 Å². The standard InChI is InChI=1S/C16H17BrClN3/c17-14-5-4-13(12-18)15(11-14)20-7-9-21(10-8-20)16-3-1-2-6-19-16/h1-6,11H,7-10,12H2. The normalized spacial score (nSPS) is 15.3. The number of aromatic nitrogens is 1. The van der Waals surface area contributed by atoms with Crippen LogP contribution in [0.3, 0.4) is 0 Å². The highest BCUT2D eigenvalue weighted by molar-refractivity contribution is 9.10. The van der Waals surface area contributed by atoms with Crippen LogP contribution in [0, 0.1) is 0 Å². The summed E-state index contributed by atoms with van der Waals surface area (Å²) in [5.41, 5.74) is 2.42. The molecule has 0 spiro atoms. The van der Waals surface area contributed by atoms with Crippen molar-refractivity contribution in [2.75, 3.05) is 36.0 Å². The second kappa shape index (κ2) is 6.67. The summed E-state index contributed by atoms with van der Waals surface area (Å²) in [5, 5.41) is 0. The fourth-order valence-electron chi connectivity index (χ4n) is 2.66. The largest absolute Gasteiger partial charge is 0.368 e. The average molecular weight is 367 g/mol. The third-order valence-electron chi connectivity index (χ3n) is 3.78. The molecule has 0 aliphatic carbocycles. The zero-order chi connectivity index (χ0) is 14.7. The van der Waals surface area contributed by atoms with Crippen molar-refractivity contribution in [3.8, 4) is 0 Å². The van der Waals surface area contributed by atoms with E-state index in [0.717, 1.165) is 36.5 Å². The molecule has 0 atom stereocenters. The van der Waals surface area contributed by atoms with E-state index in [4.69, 9.17) is 11.6 Å². The van der Waals surface area contributed by atoms with Crippen molar-refractivity contribution in [2.24, 2.45) is 0 Å². The molecule has 0 radical (unpaired) electrons. The first-order chi connectivity index (χ1) is 10.3. The summed E-state index contributed by atoms with van der Waals surface area (Å²) in [6, 6.07) is 12.4. The molecule has 3 rings (SSSR count). The van der Waals surface area contributed by atoms with Gasteiger partial charge in [-0.05, 0) is 29.8 Å². The molecular formula is C16H17BrClN3. The fourth-order valence-corrected chi connectivity index (χ4v) is 3.24. The Labute approximate surface area is 138 Å². The van der Waals surface area contributed by atoms with Crippen molar-refractivity contribution in [3.05, 3.63) is 52.6 Å². The van der Waals surface area contributed by atoms with E-state index in [1.807, 2.05) is 24.4 Å². The van der Waals surface area contributed by atoms with Gasteiger partial charge < -0.3 is 9.80 Å². The van der Waals surface area contributed by atoms with Crippen molar-refractivity contribution in [3.63, 3.8) is 0 Å². The van der Waals surface area contributed by atoms with Crippen LogP contribution in [0.2, 0.25) is 0 Å². The first kappa shape index (κ1) is 14.7. The molecule has 1 aromatic carbocycles. The Kier molecular flexibility index (Phi) is 4.66. The third-order valence-corrected chi connectivity index (χ3v) is 4.57. The SMILES string of the molecule is ClCc1ccc(Br)cc1N1CCN(c2ccccn2)CC1.